The highest BCUT2D eigenvalue weighted by molar-refractivity contribution is 7.77. The number of rotatable bonds is 7. The molecule has 2 atom stereocenters. The highest BCUT2D eigenvalue weighted by Crippen LogP contribution is 2.24. The van der Waals surface area contributed by atoms with E-state index < -0.39 is 34.8 Å². The van der Waals surface area contributed by atoms with Crippen molar-refractivity contribution in [3.63, 3.8) is 0 Å². The van der Waals surface area contributed by atoms with Gasteiger partial charge in [-0.15, -0.1) is 11.3 Å². The molecular formula is C18H16F2N4O3S2. The number of nitrogens with zero attached hydrogens (tertiary/aromatic N) is 2. The van der Waals surface area contributed by atoms with E-state index in [-0.39, 0.29) is 11.3 Å². The first-order valence-corrected chi connectivity index (χ1v) is 10.2. The van der Waals surface area contributed by atoms with Gasteiger partial charge in [0.05, 0.1) is 17.6 Å². The number of aryl methyl sites for hydroxylation is 1. The zero-order valence-electron chi connectivity index (χ0n) is 15.1. The molecule has 3 rings (SSSR count). The van der Waals surface area contributed by atoms with E-state index >= 15 is 0 Å². The smallest absolute Gasteiger partial charge is 0.270 e. The molecule has 3 aromatic rings. The number of hydrogen-bond acceptors (Lipinski definition) is 5. The number of aromatic nitrogens is 2. The second kappa shape index (κ2) is 9.27. The maximum atomic E-state index is 13.6. The van der Waals surface area contributed by atoms with Gasteiger partial charge in [0.15, 0.2) is 11.6 Å². The van der Waals surface area contributed by atoms with Crippen LogP contribution in [0.1, 0.15) is 37.5 Å². The Labute approximate surface area is 171 Å². The van der Waals surface area contributed by atoms with E-state index in [0.29, 0.717) is 12.1 Å². The number of thiazole rings is 1. The van der Waals surface area contributed by atoms with Crippen LogP contribution in [-0.2, 0) is 17.8 Å². The van der Waals surface area contributed by atoms with Gasteiger partial charge in [-0.25, -0.2) is 22.7 Å². The fourth-order valence-electron chi connectivity index (χ4n) is 2.58. The summed E-state index contributed by atoms with van der Waals surface area (Å²) in [6, 6.07) is 5.18. The number of benzene rings is 1. The van der Waals surface area contributed by atoms with Crippen molar-refractivity contribution >= 4 is 28.5 Å². The third-order valence-electron chi connectivity index (χ3n) is 3.94. The Bertz CT molecular complexity index is 1040. The Balaban J connectivity index is 1.76. The van der Waals surface area contributed by atoms with Crippen LogP contribution in [0.25, 0.3) is 0 Å². The average Bonchev–Trinajstić information content (AvgIpc) is 3.12. The fourth-order valence-corrected chi connectivity index (χ4v) is 3.79. The van der Waals surface area contributed by atoms with Crippen LogP contribution in [0.15, 0.2) is 42.7 Å². The summed E-state index contributed by atoms with van der Waals surface area (Å²) in [6.07, 6.45) is 3.02. The first kappa shape index (κ1) is 21.1. The van der Waals surface area contributed by atoms with Crippen LogP contribution < -0.4 is 10.0 Å². The maximum absolute atomic E-state index is 13.6. The Hall–Kier alpha value is -2.60. The summed E-state index contributed by atoms with van der Waals surface area (Å²) >= 11 is -0.951. The molecule has 0 aliphatic heterocycles. The van der Waals surface area contributed by atoms with Gasteiger partial charge in [0.25, 0.3) is 5.91 Å². The Morgan fingerprint density at radius 2 is 1.93 bits per heavy atom. The number of carbonyl (C=O) groups excluding carboxylic acids is 1. The van der Waals surface area contributed by atoms with Crippen molar-refractivity contribution in [3.05, 3.63) is 81.1 Å². The lowest BCUT2D eigenvalue weighted by Crippen LogP contribution is -2.26. The second-order valence-electron chi connectivity index (χ2n) is 5.98. The standard InChI is InChI=1S/C18H16F2N4O3S2/c1-10-21-8-13(28-10)9-23-18(25)16-5-3-12(7-22-16)17(24-29(26)27)11-2-4-14(19)15(20)6-11/h2-8,17,24H,9H2,1H3,(H,23,25)(H,26,27). The van der Waals surface area contributed by atoms with Crippen molar-refractivity contribution < 1.29 is 22.3 Å². The van der Waals surface area contributed by atoms with Crippen molar-refractivity contribution in [1.82, 2.24) is 20.0 Å². The predicted octanol–water partition coefficient (Wildman–Crippen LogP) is 2.87. The number of hydrogen-bond donors (Lipinski definition) is 3. The van der Waals surface area contributed by atoms with Gasteiger partial charge in [0.2, 0.25) is 11.3 Å². The summed E-state index contributed by atoms with van der Waals surface area (Å²) in [4.78, 5) is 21.3. The first-order chi connectivity index (χ1) is 13.8. The van der Waals surface area contributed by atoms with Crippen LogP contribution in [0.5, 0.6) is 0 Å². The summed E-state index contributed by atoms with van der Waals surface area (Å²) in [6.45, 7) is 2.18. The maximum Gasteiger partial charge on any atom is 0.270 e. The lowest BCUT2D eigenvalue weighted by atomic mass is 10.0. The van der Waals surface area contributed by atoms with Crippen LogP contribution >= 0.6 is 11.3 Å². The van der Waals surface area contributed by atoms with Crippen molar-refractivity contribution in [2.75, 3.05) is 0 Å². The number of halogens is 2. The molecule has 0 fully saturated rings. The number of carbonyl (C=O) groups is 1. The minimum absolute atomic E-state index is 0.143. The van der Waals surface area contributed by atoms with Crippen LogP contribution in [0.4, 0.5) is 8.78 Å². The molecule has 7 nitrogen and oxygen atoms in total. The molecule has 2 heterocycles. The summed E-state index contributed by atoms with van der Waals surface area (Å²) in [7, 11) is 0. The Kier molecular flexibility index (Phi) is 6.75. The molecule has 1 amide bonds. The minimum atomic E-state index is -2.42. The van der Waals surface area contributed by atoms with Gasteiger partial charge in [-0.3, -0.25) is 14.3 Å². The van der Waals surface area contributed by atoms with Crippen molar-refractivity contribution in [1.29, 1.82) is 0 Å². The quantitative estimate of drug-likeness (QED) is 0.492. The van der Waals surface area contributed by atoms with Crippen LogP contribution in [0.3, 0.4) is 0 Å². The van der Waals surface area contributed by atoms with Gasteiger partial charge in [0, 0.05) is 17.3 Å². The van der Waals surface area contributed by atoms with Crippen molar-refractivity contribution in [2.45, 2.75) is 19.5 Å². The molecule has 29 heavy (non-hydrogen) atoms. The average molecular weight is 438 g/mol. The molecule has 0 saturated carbocycles. The van der Waals surface area contributed by atoms with Gasteiger partial charge < -0.3 is 5.32 Å². The molecule has 0 aliphatic carbocycles. The van der Waals surface area contributed by atoms with E-state index in [1.165, 1.54) is 35.7 Å². The molecule has 1 aromatic carbocycles. The van der Waals surface area contributed by atoms with E-state index in [1.807, 2.05) is 6.92 Å². The van der Waals surface area contributed by atoms with E-state index in [2.05, 4.69) is 20.0 Å². The van der Waals surface area contributed by atoms with Gasteiger partial charge >= 0.3 is 0 Å². The molecule has 11 heteroatoms. The molecule has 0 aliphatic rings. The van der Waals surface area contributed by atoms with Crippen LogP contribution in [0.2, 0.25) is 0 Å². The highest BCUT2D eigenvalue weighted by Gasteiger charge is 2.19. The summed E-state index contributed by atoms with van der Waals surface area (Å²) < 4.78 is 49.6. The van der Waals surface area contributed by atoms with Gasteiger partial charge in [-0.05, 0) is 36.2 Å². The monoisotopic (exact) mass is 438 g/mol. The lowest BCUT2D eigenvalue weighted by molar-refractivity contribution is 0.0946. The molecule has 3 N–H and O–H groups in total. The van der Waals surface area contributed by atoms with Gasteiger partial charge in [-0.1, -0.05) is 12.1 Å². The first-order valence-electron chi connectivity index (χ1n) is 8.31. The molecule has 0 spiro atoms. The van der Waals surface area contributed by atoms with E-state index in [1.54, 1.807) is 6.20 Å². The number of nitrogens with one attached hydrogen (secondary N) is 2. The second-order valence-corrected chi connectivity index (χ2v) is 8.03. The molecule has 0 saturated heterocycles. The van der Waals surface area contributed by atoms with Crippen molar-refractivity contribution in [2.24, 2.45) is 0 Å². The molecule has 0 radical (unpaired) electrons. The lowest BCUT2D eigenvalue weighted by Gasteiger charge is -2.17. The number of amides is 1. The molecular weight excluding hydrogens is 422 g/mol. The zero-order chi connectivity index (χ0) is 21.0. The predicted molar refractivity (Wildman–Crippen MR) is 104 cm³/mol. The third-order valence-corrected chi connectivity index (χ3v) is 5.29. The van der Waals surface area contributed by atoms with Crippen LogP contribution in [-0.4, -0.2) is 24.6 Å². The molecule has 2 aromatic heterocycles. The SMILES string of the molecule is Cc1ncc(CNC(=O)c2ccc(C(NS(=O)O)c3ccc(F)c(F)c3)cn2)s1. The third kappa shape index (κ3) is 5.48. The largest absolute Gasteiger partial charge is 0.346 e. The van der Waals surface area contributed by atoms with E-state index in [9.17, 15) is 22.3 Å². The summed E-state index contributed by atoms with van der Waals surface area (Å²) in [5, 5.41) is 3.63. The normalized spacial score (nSPS) is 13.1. The van der Waals surface area contributed by atoms with Crippen molar-refractivity contribution in [3.8, 4) is 0 Å². The molecule has 152 valence electrons. The Morgan fingerprint density at radius 3 is 2.52 bits per heavy atom. The summed E-state index contributed by atoms with van der Waals surface area (Å²) in [5.41, 5.74) is 0.767. The van der Waals surface area contributed by atoms with E-state index in [0.717, 1.165) is 22.0 Å². The Morgan fingerprint density at radius 1 is 1.17 bits per heavy atom. The fraction of sp³-hybridized carbons (Fsp3) is 0.167. The highest BCUT2D eigenvalue weighted by atomic mass is 32.2. The van der Waals surface area contributed by atoms with Gasteiger partial charge in [-0.2, -0.15) is 0 Å². The zero-order valence-corrected chi connectivity index (χ0v) is 16.7. The molecule has 0 bridgehead atoms. The summed E-state index contributed by atoms with van der Waals surface area (Å²) in [5.74, 6) is -2.51. The molecule has 2 unspecified atom stereocenters. The minimum Gasteiger partial charge on any atom is -0.346 e. The van der Waals surface area contributed by atoms with Crippen LogP contribution in [0, 0.1) is 18.6 Å². The topological polar surface area (TPSA) is 104 Å². The van der Waals surface area contributed by atoms with E-state index in [4.69, 9.17) is 0 Å². The number of pyridine rings is 1. The van der Waals surface area contributed by atoms with Gasteiger partial charge in [0.1, 0.15) is 5.69 Å².